The van der Waals surface area contributed by atoms with Gasteiger partial charge in [0.15, 0.2) is 0 Å². The van der Waals surface area contributed by atoms with Crippen molar-refractivity contribution in [3.63, 3.8) is 0 Å². The quantitative estimate of drug-likeness (QED) is 0.704. The summed E-state index contributed by atoms with van der Waals surface area (Å²) in [7, 11) is 0. The van der Waals surface area contributed by atoms with E-state index in [1.165, 1.54) is 0 Å². The average molecular weight is 252 g/mol. The van der Waals surface area contributed by atoms with Crippen LogP contribution in [0.15, 0.2) is 23.1 Å². The van der Waals surface area contributed by atoms with Crippen molar-refractivity contribution in [1.82, 2.24) is 10.6 Å². The summed E-state index contributed by atoms with van der Waals surface area (Å²) >= 11 is 4.18. The maximum atomic E-state index is 11.8. The minimum absolute atomic E-state index is 0.0110. The molecule has 17 heavy (non-hydrogen) atoms. The van der Waals surface area contributed by atoms with E-state index in [0.717, 1.165) is 10.5 Å². The Morgan fingerprint density at radius 3 is 2.65 bits per heavy atom. The first-order chi connectivity index (χ1) is 8.04. The number of thiol groups is 1. The van der Waals surface area contributed by atoms with Gasteiger partial charge < -0.3 is 10.6 Å². The molecule has 0 radical (unpaired) electrons. The van der Waals surface area contributed by atoms with Crippen LogP contribution >= 0.6 is 12.6 Å². The highest BCUT2D eigenvalue weighted by Gasteiger charge is 2.10. The van der Waals surface area contributed by atoms with Gasteiger partial charge in [0, 0.05) is 17.0 Å². The molecule has 4 nitrogen and oxygen atoms in total. The predicted molar refractivity (Wildman–Crippen MR) is 69.4 cm³/mol. The van der Waals surface area contributed by atoms with E-state index >= 15 is 0 Å². The zero-order chi connectivity index (χ0) is 12.8. The largest absolute Gasteiger partial charge is 0.355 e. The molecule has 0 aliphatic carbocycles. The molecule has 0 bridgehead atoms. The molecule has 1 rings (SSSR count). The smallest absolute Gasteiger partial charge is 0.252 e. The molecule has 0 aliphatic rings. The van der Waals surface area contributed by atoms with Crippen molar-refractivity contribution in [3.05, 3.63) is 29.3 Å². The summed E-state index contributed by atoms with van der Waals surface area (Å²) in [5, 5.41) is 5.18. The van der Waals surface area contributed by atoms with Gasteiger partial charge in [-0.1, -0.05) is 6.07 Å². The summed E-state index contributed by atoms with van der Waals surface area (Å²) in [5.74, 6) is -0.454. The first-order valence-corrected chi connectivity index (χ1v) is 5.83. The Kier molecular flexibility index (Phi) is 5.03. The highest BCUT2D eigenvalue weighted by Crippen LogP contribution is 2.13. The van der Waals surface area contributed by atoms with Gasteiger partial charge in [-0.15, -0.1) is 12.6 Å². The number of aryl methyl sites for hydroxylation is 1. The molecule has 1 aromatic carbocycles. The number of carbonyl (C=O) groups is 2. The predicted octanol–water partition coefficient (Wildman–Crippen LogP) is 1.15. The van der Waals surface area contributed by atoms with Crippen molar-refractivity contribution in [2.75, 3.05) is 13.1 Å². The Morgan fingerprint density at radius 2 is 2.00 bits per heavy atom. The zero-order valence-corrected chi connectivity index (χ0v) is 10.8. The molecule has 0 unspecified atom stereocenters. The SMILES string of the molecule is CCNC(=O)CNC(=O)c1cc(S)ccc1C. The van der Waals surface area contributed by atoms with E-state index in [4.69, 9.17) is 0 Å². The molecular formula is C12H16N2O2S. The molecule has 92 valence electrons. The highest BCUT2D eigenvalue weighted by molar-refractivity contribution is 7.80. The monoisotopic (exact) mass is 252 g/mol. The molecule has 2 N–H and O–H groups in total. The Bertz CT molecular complexity index is 433. The van der Waals surface area contributed by atoms with E-state index in [1.54, 1.807) is 6.07 Å². The molecule has 0 saturated carbocycles. The van der Waals surface area contributed by atoms with Crippen molar-refractivity contribution in [2.24, 2.45) is 0 Å². The van der Waals surface area contributed by atoms with Crippen LogP contribution in [-0.2, 0) is 4.79 Å². The summed E-state index contributed by atoms with van der Waals surface area (Å²) in [6, 6.07) is 5.33. The third-order valence-corrected chi connectivity index (χ3v) is 2.53. The van der Waals surface area contributed by atoms with Crippen molar-refractivity contribution in [3.8, 4) is 0 Å². The minimum Gasteiger partial charge on any atom is -0.355 e. The number of likely N-dealkylation sites (N-methyl/N-ethyl adjacent to an activating group) is 1. The Morgan fingerprint density at radius 1 is 1.29 bits per heavy atom. The van der Waals surface area contributed by atoms with Crippen molar-refractivity contribution >= 4 is 24.4 Å². The van der Waals surface area contributed by atoms with Gasteiger partial charge in [0.2, 0.25) is 5.91 Å². The molecular weight excluding hydrogens is 236 g/mol. The lowest BCUT2D eigenvalue weighted by Gasteiger charge is -2.08. The second-order valence-electron chi connectivity index (χ2n) is 3.64. The normalized spacial score (nSPS) is 9.82. The summed E-state index contributed by atoms with van der Waals surface area (Å²) in [6.07, 6.45) is 0. The second kappa shape index (κ2) is 6.30. The Balaban J connectivity index is 2.64. The fraction of sp³-hybridized carbons (Fsp3) is 0.333. The van der Waals surface area contributed by atoms with Gasteiger partial charge in [0.05, 0.1) is 6.54 Å². The van der Waals surface area contributed by atoms with Crippen LogP contribution in [0.1, 0.15) is 22.8 Å². The lowest BCUT2D eigenvalue weighted by molar-refractivity contribution is -0.120. The number of carbonyl (C=O) groups excluding carboxylic acids is 2. The van der Waals surface area contributed by atoms with E-state index in [-0.39, 0.29) is 18.4 Å². The average Bonchev–Trinajstić information content (AvgIpc) is 2.29. The van der Waals surface area contributed by atoms with E-state index in [2.05, 4.69) is 23.3 Å². The number of hydrogen-bond acceptors (Lipinski definition) is 3. The molecule has 1 aromatic rings. The van der Waals surface area contributed by atoms with Crippen LogP contribution < -0.4 is 10.6 Å². The van der Waals surface area contributed by atoms with E-state index in [9.17, 15) is 9.59 Å². The minimum atomic E-state index is -0.260. The molecule has 0 fully saturated rings. The van der Waals surface area contributed by atoms with Gasteiger partial charge >= 0.3 is 0 Å². The van der Waals surface area contributed by atoms with Gasteiger partial charge in [-0.05, 0) is 31.5 Å². The molecule has 5 heteroatoms. The van der Waals surface area contributed by atoms with Gasteiger partial charge in [0.25, 0.3) is 5.91 Å². The summed E-state index contributed by atoms with van der Waals surface area (Å²) in [5.41, 5.74) is 1.40. The molecule has 0 saturated heterocycles. The number of benzene rings is 1. The first kappa shape index (κ1) is 13.6. The van der Waals surface area contributed by atoms with Crippen molar-refractivity contribution < 1.29 is 9.59 Å². The van der Waals surface area contributed by atoms with Crippen LogP contribution in [0.4, 0.5) is 0 Å². The van der Waals surface area contributed by atoms with Gasteiger partial charge in [-0.3, -0.25) is 9.59 Å². The molecule has 2 amide bonds. The van der Waals surface area contributed by atoms with Gasteiger partial charge in [-0.2, -0.15) is 0 Å². The summed E-state index contributed by atoms with van der Waals surface area (Å²) < 4.78 is 0. The second-order valence-corrected chi connectivity index (χ2v) is 4.15. The van der Waals surface area contributed by atoms with Crippen LogP contribution in [0.3, 0.4) is 0 Å². The lowest BCUT2D eigenvalue weighted by atomic mass is 10.1. The number of nitrogens with one attached hydrogen (secondary N) is 2. The highest BCUT2D eigenvalue weighted by atomic mass is 32.1. The fourth-order valence-corrected chi connectivity index (χ4v) is 1.57. The summed E-state index contributed by atoms with van der Waals surface area (Å²) in [4.78, 5) is 23.7. The first-order valence-electron chi connectivity index (χ1n) is 5.39. The third-order valence-electron chi connectivity index (χ3n) is 2.25. The van der Waals surface area contributed by atoms with Gasteiger partial charge in [0.1, 0.15) is 0 Å². The molecule has 0 atom stereocenters. The number of rotatable bonds is 4. The molecule has 0 aliphatic heterocycles. The maximum Gasteiger partial charge on any atom is 0.252 e. The lowest BCUT2D eigenvalue weighted by Crippen LogP contribution is -2.36. The maximum absolute atomic E-state index is 11.8. The molecule has 0 heterocycles. The fourth-order valence-electron chi connectivity index (χ4n) is 1.37. The number of amides is 2. The molecule has 0 spiro atoms. The van der Waals surface area contributed by atoms with E-state index in [1.807, 2.05) is 26.0 Å². The number of hydrogen-bond donors (Lipinski definition) is 3. The Labute approximate surface area is 106 Å². The Hall–Kier alpha value is -1.49. The topological polar surface area (TPSA) is 58.2 Å². The standard InChI is InChI=1S/C12H16N2O2S/c1-3-13-11(15)7-14-12(16)10-6-9(17)5-4-8(10)2/h4-6,17H,3,7H2,1-2H3,(H,13,15)(H,14,16). The van der Waals surface area contributed by atoms with Crippen LogP contribution in [0.2, 0.25) is 0 Å². The summed E-state index contributed by atoms with van der Waals surface area (Å²) in [6.45, 7) is 4.21. The van der Waals surface area contributed by atoms with Crippen LogP contribution in [-0.4, -0.2) is 24.9 Å². The van der Waals surface area contributed by atoms with Crippen LogP contribution in [0, 0.1) is 6.92 Å². The van der Waals surface area contributed by atoms with E-state index in [0.29, 0.717) is 12.1 Å². The van der Waals surface area contributed by atoms with Crippen LogP contribution in [0.25, 0.3) is 0 Å². The van der Waals surface area contributed by atoms with Crippen molar-refractivity contribution in [1.29, 1.82) is 0 Å². The van der Waals surface area contributed by atoms with Crippen LogP contribution in [0.5, 0.6) is 0 Å². The molecule has 0 aromatic heterocycles. The third kappa shape index (κ3) is 4.11. The van der Waals surface area contributed by atoms with E-state index < -0.39 is 0 Å². The van der Waals surface area contributed by atoms with Gasteiger partial charge in [-0.25, -0.2) is 0 Å². The zero-order valence-electron chi connectivity index (χ0n) is 9.91. The van der Waals surface area contributed by atoms with Crippen molar-refractivity contribution in [2.45, 2.75) is 18.7 Å².